The highest BCUT2D eigenvalue weighted by Crippen LogP contribution is 1.98. The van der Waals surface area contributed by atoms with Crippen molar-refractivity contribution in [3.63, 3.8) is 0 Å². The fraction of sp³-hybridized carbons (Fsp3) is 0.429. The molecule has 21 heavy (non-hydrogen) atoms. The monoisotopic (exact) mass is 402 g/mol. The van der Waals surface area contributed by atoms with Crippen LogP contribution in [0.4, 0.5) is 0 Å². The minimum Gasteiger partial charge on any atom is -0.357 e. The first-order valence-electron chi connectivity index (χ1n) is 6.89. The van der Waals surface area contributed by atoms with Crippen molar-refractivity contribution >= 4 is 29.9 Å². The molecule has 2 heterocycles. The Labute approximate surface area is 142 Å². The van der Waals surface area contributed by atoms with Crippen molar-refractivity contribution < 1.29 is 0 Å². The van der Waals surface area contributed by atoms with Crippen molar-refractivity contribution in [1.29, 1.82) is 0 Å². The summed E-state index contributed by atoms with van der Waals surface area (Å²) < 4.78 is 3.98. The number of nitrogens with zero attached hydrogens (tertiary/aromatic N) is 4. The number of aromatic nitrogens is 3. The maximum Gasteiger partial charge on any atom is 0.191 e. The first-order chi connectivity index (χ1) is 9.79. The van der Waals surface area contributed by atoms with Crippen LogP contribution in [-0.4, -0.2) is 33.4 Å². The molecule has 0 amide bonds. The number of aryl methyl sites for hydroxylation is 1. The first kappa shape index (κ1) is 17.5. The molecular formula is C14H23IN6. The third-order valence-electron chi connectivity index (χ3n) is 2.99. The highest BCUT2D eigenvalue weighted by atomic mass is 127. The molecule has 2 aromatic rings. The molecule has 0 spiro atoms. The number of aliphatic imine (C=N–C) groups is 1. The lowest BCUT2D eigenvalue weighted by molar-refractivity contribution is 0.662. The number of rotatable bonds is 6. The van der Waals surface area contributed by atoms with Gasteiger partial charge in [0.25, 0.3) is 0 Å². The Morgan fingerprint density at radius 2 is 2.05 bits per heavy atom. The van der Waals surface area contributed by atoms with E-state index in [0.29, 0.717) is 6.54 Å². The fourth-order valence-corrected chi connectivity index (χ4v) is 1.88. The van der Waals surface area contributed by atoms with Gasteiger partial charge in [0.15, 0.2) is 5.96 Å². The minimum absolute atomic E-state index is 0. The van der Waals surface area contributed by atoms with E-state index in [1.165, 1.54) is 0 Å². The third-order valence-corrected chi connectivity index (χ3v) is 2.99. The van der Waals surface area contributed by atoms with E-state index in [1.807, 2.05) is 29.9 Å². The second-order valence-corrected chi connectivity index (χ2v) is 4.49. The van der Waals surface area contributed by atoms with Crippen molar-refractivity contribution in [3.8, 4) is 0 Å². The van der Waals surface area contributed by atoms with Gasteiger partial charge in [-0.05, 0) is 25.1 Å². The molecule has 0 bridgehead atoms. The summed E-state index contributed by atoms with van der Waals surface area (Å²) in [6.07, 6.45) is 5.90. The van der Waals surface area contributed by atoms with E-state index < -0.39 is 0 Å². The number of hydrogen-bond acceptors (Lipinski definition) is 2. The Morgan fingerprint density at radius 3 is 2.67 bits per heavy atom. The van der Waals surface area contributed by atoms with Gasteiger partial charge in [-0.2, -0.15) is 5.10 Å². The largest absolute Gasteiger partial charge is 0.357 e. The third kappa shape index (κ3) is 5.78. The topological polar surface area (TPSA) is 59.2 Å². The molecule has 2 N–H and O–H groups in total. The van der Waals surface area contributed by atoms with Crippen LogP contribution < -0.4 is 10.6 Å². The Bertz CT molecular complexity index is 531. The lowest BCUT2D eigenvalue weighted by Crippen LogP contribution is -2.38. The predicted molar refractivity (Wildman–Crippen MR) is 95.9 cm³/mol. The summed E-state index contributed by atoms with van der Waals surface area (Å²) in [6.45, 7) is 5.29. The van der Waals surface area contributed by atoms with Crippen molar-refractivity contribution in [2.45, 2.75) is 20.0 Å². The highest BCUT2D eigenvalue weighted by Gasteiger charge is 2.00. The van der Waals surface area contributed by atoms with Crippen LogP contribution in [0.5, 0.6) is 0 Å². The van der Waals surface area contributed by atoms with Gasteiger partial charge in [-0.15, -0.1) is 24.0 Å². The van der Waals surface area contributed by atoms with Gasteiger partial charge in [0.05, 0.1) is 12.2 Å². The van der Waals surface area contributed by atoms with Crippen molar-refractivity contribution in [2.75, 3.05) is 13.1 Å². The summed E-state index contributed by atoms with van der Waals surface area (Å²) in [6, 6.07) is 6.04. The summed E-state index contributed by atoms with van der Waals surface area (Å²) in [7, 11) is 1.93. The van der Waals surface area contributed by atoms with Gasteiger partial charge in [-0.1, -0.05) is 0 Å². The van der Waals surface area contributed by atoms with E-state index >= 15 is 0 Å². The molecule has 0 radical (unpaired) electrons. The molecule has 6 nitrogen and oxygen atoms in total. The van der Waals surface area contributed by atoms with Crippen LogP contribution in [0.25, 0.3) is 0 Å². The van der Waals surface area contributed by atoms with Gasteiger partial charge in [0.1, 0.15) is 0 Å². The second kappa shape index (κ2) is 9.43. The van der Waals surface area contributed by atoms with E-state index in [2.05, 4.69) is 44.6 Å². The lowest BCUT2D eigenvalue weighted by atomic mass is 10.4. The van der Waals surface area contributed by atoms with Gasteiger partial charge in [-0.25, -0.2) is 4.99 Å². The Kier molecular flexibility index (Phi) is 7.88. The minimum atomic E-state index is 0. The summed E-state index contributed by atoms with van der Waals surface area (Å²) in [5.41, 5.74) is 1.09. The van der Waals surface area contributed by atoms with Crippen molar-refractivity contribution in [3.05, 3.63) is 42.5 Å². The number of hydrogen-bond donors (Lipinski definition) is 2. The quantitative estimate of drug-likeness (QED) is 0.439. The first-order valence-corrected chi connectivity index (χ1v) is 6.89. The molecule has 0 fully saturated rings. The summed E-state index contributed by atoms with van der Waals surface area (Å²) in [4.78, 5) is 4.56. The van der Waals surface area contributed by atoms with Gasteiger partial charge in [0, 0.05) is 45.3 Å². The number of nitrogens with one attached hydrogen (secondary N) is 2. The van der Waals surface area contributed by atoms with E-state index in [9.17, 15) is 0 Å². The van der Waals surface area contributed by atoms with Crippen LogP contribution >= 0.6 is 24.0 Å². The SMILES string of the molecule is CCNC(=NCc1ccnn1C)NCCn1cccc1.I. The van der Waals surface area contributed by atoms with Crippen LogP contribution in [-0.2, 0) is 20.1 Å². The van der Waals surface area contributed by atoms with Gasteiger partial charge < -0.3 is 15.2 Å². The standard InChI is InChI=1S/C14H22N6.HI/c1-3-15-14(16-8-11-20-9-4-5-10-20)17-12-13-6-7-18-19(13)2;/h4-7,9-10H,3,8,11-12H2,1-2H3,(H2,15,16,17);1H. The molecule has 0 aromatic carbocycles. The van der Waals surface area contributed by atoms with Crippen molar-refractivity contribution in [2.24, 2.45) is 12.0 Å². The molecule has 7 heteroatoms. The van der Waals surface area contributed by atoms with Crippen LogP contribution in [0.15, 0.2) is 41.8 Å². The average molecular weight is 402 g/mol. The normalized spacial score (nSPS) is 11.0. The van der Waals surface area contributed by atoms with E-state index in [0.717, 1.165) is 31.3 Å². The second-order valence-electron chi connectivity index (χ2n) is 4.49. The number of guanidine groups is 1. The van der Waals surface area contributed by atoms with Crippen LogP contribution in [0, 0.1) is 0 Å². The average Bonchev–Trinajstić information content (AvgIpc) is 3.08. The Hall–Kier alpha value is -1.51. The lowest BCUT2D eigenvalue weighted by Gasteiger charge is -2.11. The van der Waals surface area contributed by atoms with Crippen molar-refractivity contribution in [1.82, 2.24) is 25.0 Å². The zero-order valence-corrected chi connectivity index (χ0v) is 14.8. The van der Waals surface area contributed by atoms with Crippen LogP contribution in [0.2, 0.25) is 0 Å². The van der Waals surface area contributed by atoms with E-state index in [-0.39, 0.29) is 24.0 Å². The molecule has 116 valence electrons. The van der Waals surface area contributed by atoms with Gasteiger partial charge >= 0.3 is 0 Å². The van der Waals surface area contributed by atoms with E-state index in [1.54, 1.807) is 6.20 Å². The molecular weight excluding hydrogens is 379 g/mol. The smallest absolute Gasteiger partial charge is 0.191 e. The molecule has 2 aromatic heterocycles. The van der Waals surface area contributed by atoms with Crippen LogP contribution in [0.3, 0.4) is 0 Å². The molecule has 2 rings (SSSR count). The Balaban J connectivity index is 0.00000220. The molecule has 0 aliphatic carbocycles. The molecule has 0 saturated heterocycles. The Morgan fingerprint density at radius 1 is 1.29 bits per heavy atom. The maximum atomic E-state index is 4.56. The maximum absolute atomic E-state index is 4.56. The zero-order valence-electron chi connectivity index (χ0n) is 12.5. The molecule has 0 aliphatic rings. The summed E-state index contributed by atoms with van der Waals surface area (Å²) in [5, 5.41) is 10.7. The molecule has 0 unspecified atom stereocenters. The highest BCUT2D eigenvalue weighted by molar-refractivity contribution is 14.0. The van der Waals surface area contributed by atoms with Gasteiger partial charge in [-0.3, -0.25) is 4.68 Å². The zero-order chi connectivity index (χ0) is 14.2. The summed E-state index contributed by atoms with van der Waals surface area (Å²) >= 11 is 0. The summed E-state index contributed by atoms with van der Waals surface area (Å²) in [5.74, 6) is 0.834. The molecule has 0 atom stereocenters. The number of halogens is 1. The predicted octanol–water partition coefficient (Wildman–Crippen LogP) is 1.59. The van der Waals surface area contributed by atoms with E-state index in [4.69, 9.17) is 0 Å². The van der Waals surface area contributed by atoms with Crippen LogP contribution in [0.1, 0.15) is 12.6 Å². The molecule has 0 saturated carbocycles. The fourth-order valence-electron chi connectivity index (χ4n) is 1.88. The van der Waals surface area contributed by atoms with Gasteiger partial charge in [0.2, 0.25) is 0 Å². The molecule has 0 aliphatic heterocycles.